The fourth-order valence-corrected chi connectivity index (χ4v) is 1.95. The third kappa shape index (κ3) is 2.00. The predicted octanol–water partition coefficient (Wildman–Crippen LogP) is 2.32. The molecular weight excluding hydrogens is 160 g/mol. The summed E-state index contributed by atoms with van der Waals surface area (Å²) in [5.74, 6) is 0.666. The summed E-state index contributed by atoms with van der Waals surface area (Å²) in [5.41, 5.74) is 8.31. The van der Waals surface area contributed by atoms with Crippen LogP contribution in [0.2, 0.25) is 0 Å². The second-order valence-electron chi connectivity index (χ2n) is 3.76. The van der Waals surface area contributed by atoms with E-state index >= 15 is 0 Å². The maximum Gasteiger partial charge on any atom is 0.123 e. The van der Waals surface area contributed by atoms with Crippen molar-refractivity contribution in [2.45, 2.75) is 38.5 Å². The largest absolute Gasteiger partial charge is 0.384 e. The van der Waals surface area contributed by atoms with Crippen molar-refractivity contribution >= 4 is 5.82 Å². The van der Waals surface area contributed by atoms with Gasteiger partial charge in [0.15, 0.2) is 0 Å². The second kappa shape index (κ2) is 3.77. The van der Waals surface area contributed by atoms with Gasteiger partial charge in [-0.25, -0.2) is 4.98 Å². The Morgan fingerprint density at radius 3 is 2.62 bits per heavy atom. The maximum atomic E-state index is 5.66. The van der Waals surface area contributed by atoms with Crippen molar-refractivity contribution < 1.29 is 0 Å². The van der Waals surface area contributed by atoms with E-state index in [1.54, 1.807) is 0 Å². The molecule has 1 aliphatic rings. The Balaban J connectivity index is 2.28. The molecular formula is C11H16N2. The Kier molecular flexibility index (Phi) is 2.48. The van der Waals surface area contributed by atoms with E-state index < -0.39 is 0 Å². The Hall–Kier alpha value is -1.05. The maximum absolute atomic E-state index is 5.66. The lowest BCUT2D eigenvalue weighted by Gasteiger charge is -2.12. The number of hydrogen-bond acceptors (Lipinski definition) is 2. The topological polar surface area (TPSA) is 38.9 Å². The molecule has 1 aliphatic carbocycles. The van der Waals surface area contributed by atoms with Gasteiger partial charge in [-0.2, -0.15) is 0 Å². The van der Waals surface area contributed by atoms with Gasteiger partial charge in [0.05, 0.1) is 0 Å². The summed E-state index contributed by atoms with van der Waals surface area (Å²) >= 11 is 0. The fourth-order valence-electron chi connectivity index (χ4n) is 1.95. The van der Waals surface area contributed by atoms with Crippen LogP contribution in [0.1, 0.15) is 36.9 Å². The van der Waals surface area contributed by atoms with Crippen LogP contribution in [0.5, 0.6) is 0 Å². The standard InChI is InChI=1S/C11H16N2/c12-11-8-7-9-5-3-1-2-4-6-10(9)13-11/h7-8H,1-6H2,(H2,12,13). The number of nitrogen functional groups attached to an aromatic ring is 1. The van der Waals surface area contributed by atoms with Gasteiger partial charge in [-0.15, -0.1) is 0 Å². The number of aryl methyl sites for hydroxylation is 2. The summed E-state index contributed by atoms with van der Waals surface area (Å²) in [6, 6.07) is 4.06. The van der Waals surface area contributed by atoms with E-state index in [2.05, 4.69) is 11.1 Å². The van der Waals surface area contributed by atoms with Crippen LogP contribution >= 0.6 is 0 Å². The van der Waals surface area contributed by atoms with E-state index in [4.69, 9.17) is 5.73 Å². The van der Waals surface area contributed by atoms with E-state index in [1.165, 1.54) is 43.4 Å². The summed E-state index contributed by atoms with van der Waals surface area (Å²) in [6.45, 7) is 0. The lowest BCUT2D eigenvalue weighted by Crippen LogP contribution is -2.04. The van der Waals surface area contributed by atoms with Crippen molar-refractivity contribution in [2.75, 3.05) is 5.73 Å². The van der Waals surface area contributed by atoms with E-state index in [-0.39, 0.29) is 0 Å². The molecule has 0 fully saturated rings. The Bertz CT molecular complexity index is 294. The molecule has 13 heavy (non-hydrogen) atoms. The zero-order chi connectivity index (χ0) is 9.10. The molecule has 1 heterocycles. The lowest BCUT2D eigenvalue weighted by molar-refractivity contribution is 0.609. The van der Waals surface area contributed by atoms with Crippen LogP contribution in [0.15, 0.2) is 12.1 Å². The molecule has 0 spiro atoms. The summed E-state index contributed by atoms with van der Waals surface area (Å²) in [4.78, 5) is 4.39. The van der Waals surface area contributed by atoms with Gasteiger partial charge in [-0.1, -0.05) is 18.9 Å². The van der Waals surface area contributed by atoms with Crippen molar-refractivity contribution in [2.24, 2.45) is 0 Å². The van der Waals surface area contributed by atoms with Crippen LogP contribution in [0.3, 0.4) is 0 Å². The molecule has 1 aromatic heterocycles. The van der Waals surface area contributed by atoms with Crippen LogP contribution in [0, 0.1) is 0 Å². The number of aromatic nitrogens is 1. The molecule has 2 heteroatoms. The van der Waals surface area contributed by atoms with Gasteiger partial charge >= 0.3 is 0 Å². The van der Waals surface area contributed by atoms with Crippen LogP contribution < -0.4 is 5.73 Å². The molecule has 2 rings (SSSR count). The number of anilines is 1. The highest BCUT2D eigenvalue weighted by molar-refractivity contribution is 5.34. The smallest absolute Gasteiger partial charge is 0.123 e. The highest BCUT2D eigenvalue weighted by Crippen LogP contribution is 2.19. The zero-order valence-electron chi connectivity index (χ0n) is 7.92. The number of pyridine rings is 1. The van der Waals surface area contributed by atoms with E-state index in [0.29, 0.717) is 5.82 Å². The zero-order valence-corrected chi connectivity index (χ0v) is 7.92. The van der Waals surface area contributed by atoms with Gasteiger partial charge in [0.1, 0.15) is 5.82 Å². The van der Waals surface area contributed by atoms with Crippen LogP contribution in [0.25, 0.3) is 0 Å². The van der Waals surface area contributed by atoms with Gasteiger partial charge < -0.3 is 5.73 Å². The molecule has 0 amide bonds. The van der Waals surface area contributed by atoms with Gasteiger partial charge in [0.2, 0.25) is 0 Å². The van der Waals surface area contributed by atoms with Gasteiger partial charge in [0, 0.05) is 5.69 Å². The number of nitrogens with two attached hydrogens (primary N) is 1. The van der Waals surface area contributed by atoms with Crippen molar-refractivity contribution in [3.8, 4) is 0 Å². The Labute approximate surface area is 79.2 Å². The number of hydrogen-bond donors (Lipinski definition) is 1. The molecule has 2 nitrogen and oxygen atoms in total. The monoisotopic (exact) mass is 176 g/mol. The van der Waals surface area contributed by atoms with Crippen LogP contribution in [-0.2, 0) is 12.8 Å². The molecule has 0 aliphatic heterocycles. The minimum absolute atomic E-state index is 0.666. The highest BCUT2D eigenvalue weighted by Gasteiger charge is 2.07. The van der Waals surface area contributed by atoms with Gasteiger partial charge in [-0.05, 0) is 37.3 Å². The van der Waals surface area contributed by atoms with Crippen molar-refractivity contribution in [1.29, 1.82) is 0 Å². The predicted molar refractivity (Wildman–Crippen MR) is 54.5 cm³/mol. The summed E-state index contributed by atoms with van der Waals surface area (Å²) < 4.78 is 0. The molecule has 0 bridgehead atoms. The molecule has 0 atom stereocenters. The van der Waals surface area contributed by atoms with Crippen LogP contribution in [0.4, 0.5) is 5.82 Å². The first-order valence-electron chi connectivity index (χ1n) is 5.10. The first-order chi connectivity index (χ1) is 6.36. The third-order valence-electron chi connectivity index (χ3n) is 2.70. The summed E-state index contributed by atoms with van der Waals surface area (Å²) in [7, 11) is 0. The minimum Gasteiger partial charge on any atom is -0.384 e. The van der Waals surface area contributed by atoms with Gasteiger partial charge in [-0.3, -0.25) is 0 Å². The highest BCUT2D eigenvalue weighted by atomic mass is 14.8. The van der Waals surface area contributed by atoms with Gasteiger partial charge in [0.25, 0.3) is 0 Å². The molecule has 2 N–H and O–H groups in total. The SMILES string of the molecule is Nc1ccc2c(n1)CCCCCC2. The van der Waals surface area contributed by atoms with E-state index in [9.17, 15) is 0 Å². The first-order valence-corrected chi connectivity index (χ1v) is 5.10. The Morgan fingerprint density at radius 2 is 1.77 bits per heavy atom. The van der Waals surface area contributed by atoms with Crippen molar-refractivity contribution in [3.05, 3.63) is 23.4 Å². The van der Waals surface area contributed by atoms with E-state index in [1.807, 2.05) is 6.07 Å². The summed E-state index contributed by atoms with van der Waals surface area (Å²) in [6.07, 6.45) is 7.57. The lowest BCUT2D eigenvalue weighted by atomic mass is 9.97. The molecule has 70 valence electrons. The average Bonchev–Trinajstić information content (AvgIpc) is 2.08. The first kappa shape index (κ1) is 8.54. The Morgan fingerprint density at radius 1 is 1.00 bits per heavy atom. The molecule has 1 aromatic rings. The second-order valence-corrected chi connectivity index (χ2v) is 3.76. The quantitative estimate of drug-likeness (QED) is 0.659. The fraction of sp³-hybridized carbons (Fsp3) is 0.545. The molecule has 0 saturated heterocycles. The molecule has 0 saturated carbocycles. The number of fused-ring (bicyclic) bond motifs is 1. The molecule has 0 aromatic carbocycles. The normalized spacial score (nSPS) is 17.2. The molecule has 0 unspecified atom stereocenters. The van der Waals surface area contributed by atoms with Crippen molar-refractivity contribution in [3.63, 3.8) is 0 Å². The van der Waals surface area contributed by atoms with E-state index in [0.717, 1.165) is 6.42 Å². The third-order valence-corrected chi connectivity index (χ3v) is 2.70. The van der Waals surface area contributed by atoms with Crippen molar-refractivity contribution in [1.82, 2.24) is 4.98 Å². The number of nitrogens with zero attached hydrogens (tertiary/aromatic N) is 1. The average molecular weight is 176 g/mol. The number of rotatable bonds is 0. The summed E-state index contributed by atoms with van der Waals surface area (Å²) in [5, 5.41) is 0. The molecule has 0 radical (unpaired) electrons. The minimum atomic E-state index is 0.666. The van der Waals surface area contributed by atoms with Crippen LogP contribution in [-0.4, -0.2) is 4.98 Å².